The predicted molar refractivity (Wildman–Crippen MR) is 65.0 cm³/mol. The first-order valence-electron chi connectivity index (χ1n) is 6.34. The number of halogens is 2. The first kappa shape index (κ1) is 12.5. The van der Waals surface area contributed by atoms with Crippen molar-refractivity contribution in [3.8, 4) is 0 Å². The Morgan fingerprint density at radius 2 is 1.94 bits per heavy atom. The van der Waals surface area contributed by atoms with Gasteiger partial charge in [0.05, 0.1) is 0 Å². The van der Waals surface area contributed by atoms with Crippen molar-refractivity contribution in [3.63, 3.8) is 0 Å². The van der Waals surface area contributed by atoms with Gasteiger partial charge in [-0.3, -0.25) is 0 Å². The van der Waals surface area contributed by atoms with Crippen LogP contribution in [-0.4, -0.2) is 13.1 Å². The summed E-state index contributed by atoms with van der Waals surface area (Å²) in [5, 5.41) is 3.31. The van der Waals surface area contributed by atoms with E-state index in [4.69, 9.17) is 0 Å². The summed E-state index contributed by atoms with van der Waals surface area (Å²) in [6.45, 7) is 3.71. The van der Waals surface area contributed by atoms with Crippen LogP contribution in [0.3, 0.4) is 0 Å². The van der Waals surface area contributed by atoms with Crippen molar-refractivity contribution in [1.82, 2.24) is 5.32 Å². The summed E-state index contributed by atoms with van der Waals surface area (Å²) < 4.78 is 26.9. The molecule has 0 aliphatic heterocycles. The molecule has 17 heavy (non-hydrogen) atoms. The van der Waals surface area contributed by atoms with E-state index in [1.54, 1.807) is 6.07 Å². The number of hydrogen-bond acceptors (Lipinski definition) is 1. The lowest BCUT2D eigenvalue weighted by Gasteiger charge is -2.30. The summed E-state index contributed by atoms with van der Waals surface area (Å²) in [5.41, 5.74) is 0.547. The number of benzene rings is 1. The molecule has 1 aromatic carbocycles. The minimum atomic E-state index is -0.497. The van der Waals surface area contributed by atoms with Gasteiger partial charge >= 0.3 is 0 Å². The van der Waals surface area contributed by atoms with Crippen LogP contribution in [0.1, 0.15) is 38.2 Å². The molecule has 1 nitrogen and oxygen atoms in total. The first-order chi connectivity index (χ1) is 8.18. The molecule has 0 unspecified atom stereocenters. The molecule has 1 aromatic rings. The third kappa shape index (κ3) is 2.49. The zero-order valence-electron chi connectivity index (χ0n) is 10.2. The number of likely N-dealkylation sites (N-methyl/N-ethyl adjacent to an activating group) is 1. The van der Waals surface area contributed by atoms with E-state index in [-0.39, 0.29) is 5.41 Å². The van der Waals surface area contributed by atoms with E-state index >= 15 is 0 Å². The van der Waals surface area contributed by atoms with Crippen LogP contribution < -0.4 is 5.32 Å². The Morgan fingerprint density at radius 3 is 2.53 bits per heavy atom. The molecule has 94 valence electrons. The van der Waals surface area contributed by atoms with Gasteiger partial charge in [0.15, 0.2) is 0 Å². The third-order valence-electron chi connectivity index (χ3n) is 3.78. The molecule has 1 N–H and O–H groups in total. The smallest absolute Gasteiger partial charge is 0.129 e. The second-order valence-corrected chi connectivity index (χ2v) is 4.89. The second-order valence-electron chi connectivity index (χ2n) is 4.89. The number of nitrogens with one attached hydrogen (secondary N) is 1. The Bertz CT molecular complexity index is 384. The molecule has 1 aliphatic carbocycles. The van der Waals surface area contributed by atoms with Gasteiger partial charge in [-0.25, -0.2) is 8.78 Å². The van der Waals surface area contributed by atoms with Crippen LogP contribution in [0.15, 0.2) is 18.2 Å². The van der Waals surface area contributed by atoms with E-state index < -0.39 is 11.6 Å². The lowest BCUT2D eigenvalue weighted by atomic mass is 9.78. The summed E-state index contributed by atoms with van der Waals surface area (Å²) in [7, 11) is 0. The average Bonchev–Trinajstić information content (AvgIpc) is 2.76. The van der Waals surface area contributed by atoms with Crippen molar-refractivity contribution in [2.45, 2.75) is 38.0 Å². The molecule has 3 heteroatoms. The normalized spacial score (nSPS) is 18.5. The van der Waals surface area contributed by atoms with E-state index in [0.717, 1.165) is 44.8 Å². The molecule has 0 aromatic heterocycles. The van der Waals surface area contributed by atoms with E-state index in [2.05, 4.69) is 5.32 Å². The molecule has 0 saturated heterocycles. The molecule has 0 radical (unpaired) electrons. The molecule has 0 atom stereocenters. The van der Waals surface area contributed by atoms with Crippen LogP contribution in [0.5, 0.6) is 0 Å². The van der Waals surface area contributed by atoms with Crippen LogP contribution in [0.25, 0.3) is 0 Å². The number of hydrogen-bond donors (Lipinski definition) is 1. The maximum absolute atomic E-state index is 13.9. The fraction of sp³-hybridized carbons (Fsp3) is 0.571. The van der Waals surface area contributed by atoms with Crippen molar-refractivity contribution in [2.75, 3.05) is 13.1 Å². The standard InChI is InChI=1S/C14H19F2N/c1-2-17-10-14(7-3-4-8-14)12-6-5-11(15)9-13(12)16/h5-6,9,17H,2-4,7-8,10H2,1H3. The zero-order valence-corrected chi connectivity index (χ0v) is 10.2. The van der Waals surface area contributed by atoms with Gasteiger partial charge < -0.3 is 5.32 Å². The monoisotopic (exact) mass is 239 g/mol. The molecule has 0 spiro atoms. The predicted octanol–water partition coefficient (Wildman–Crippen LogP) is 3.39. The quantitative estimate of drug-likeness (QED) is 0.849. The van der Waals surface area contributed by atoms with Crippen LogP contribution in [-0.2, 0) is 5.41 Å². The van der Waals surface area contributed by atoms with Crippen LogP contribution in [0, 0.1) is 11.6 Å². The summed E-state index contributed by atoms with van der Waals surface area (Å²) in [4.78, 5) is 0. The van der Waals surface area contributed by atoms with Gasteiger partial charge in [0, 0.05) is 18.0 Å². The van der Waals surface area contributed by atoms with Crippen molar-refractivity contribution in [2.24, 2.45) is 0 Å². The highest BCUT2D eigenvalue weighted by atomic mass is 19.1. The third-order valence-corrected chi connectivity index (χ3v) is 3.78. The average molecular weight is 239 g/mol. The molecule has 1 fully saturated rings. The van der Waals surface area contributed by atoms with Gasteiger partial charge in [0.2, 0.25) is 0 Å². The minimum Gasteiger partial charge on any atom is -0.316 e. The first-order valence-corrected chi connectivity index (χ1v) is 6.34. The molecule has 1 aliphatic rings. The minimum absolute atomic E-state index is 0.131. The maximum atomic E-state index is 13.9. The van der Waals surface area contributed by atoms with Gasteiger partial charge in [0.1, 0.15) is 11.6 Å². The molecular formula is C14H19F2N. The van der Waals surface area contributed by atoms with Crippen molar-refractivity contribution < 1.29 is 8.78 Å². The summed E-state index contributed by atoms with van der Waals surface area (Å²) in [5.74, 6) is -0.896. The SMILES string of the molecule is CCNCC1(c2ccc(F)cc2F)CCCC1. The lowest BCUT2D eigenvalue weighted by Crippen LogP contribution is -2.36. The molecule has 0 heterocycles. The van der Waals surface area contributed by atoms with Crippen molar-refractivity contribution >= 4 is 0 Å². The Labute approximate surface area is 101 Å². The van der Waals surface area contributed by atoms with Crippen molar-refractivity contribution in [3.05, 3.63) is 35.4 Å². The summed E-state index contributed by atoms with van der Waals surface area (Å²) >= 11 is 0. The molecule has 0 amide bonds. The highest BCUT2D eigenvalue weighted by Gasteiger charge is 2.37. The van der Waals surface area contributed by atoms with Crippen LogP contribution in [0.4, 0.5) is 8.78 Å². The highest BCUT2D eigenvalue weighted by Crippen LogP contribution is 2.41. The Hall–Kier alpha value is -0.960. The zero-order chi connectivity index (χ0) is 12.3. The molecular weight excluding hydrogens is 220 g/mol. The summed E-state index contributed by atoms with van der Waals surface area (Å²) in [6.07, 6.45) is 4.23. The summed E-state index contributed by atoms with van der Waals surface area (Å²) in [6, 6.07) is 3.99. The highest BCUT2D eigenvalue weighted by molar-refractivity contribution is 5.29. The van der Waals surface area contributed by atoms with E-state index in [1.165, 1.54) is 6.07 Å². The lowest BCUT2D eigenvalue weighted by molar-refractivity contribution is 0.390. The van der Waals surface area contributed by atoms with Gasteiger partial charge in [0.25, 0.3) is 0 Å². The van der Waals surface area contributed by atoms with Gasteiger partial charge in [-0.2, -0.15) is 0 Å². The second kappa shape index (κ2) is 5.13. The van der Waals surface area contributed by atoms with Gasteiger partial charge in [-0.05, 0) is 31.0 Å². The fourth-order valence-electron chi connectivity index (χ4n) is 2.88. The maximum Gasteiger partial charge on any atom is 0.129 e. The fourth-order valence-corrected chi connectivity index (χ4v) is 2.88. The Kier molecular flexibility index (Phi) is 3.77. The number of rotatable bonds is 4. The Morgan fingerprint density at radius 1 is 1.24 bits per heavy atom. The molecule has 2 rings (SSSR count). The molecule has 1 saturated carbocycles. The van der Waals surface area contributed by atoms with E-state index in [9.17, 15) is 8.78 Å². The van der Waals surface area contributed by atoms with E-state index in [1.807, 2.05) is 6.92 Å². The topological polar surface area (TPSA) is 12.0 Å². The largest absolute Gasteiger partial charge is 0.316 e. The van der Waals surface area contributed by atoms with Gasteiger partial charge in [-0.1, -0.05) is 25.8 Å². The van der Waals surface area contributed by atoms with E-state index in [0.29, 0.717) is 5.56 Å². The van der Waals surface area contributed by atoms with Crippen LogP contribution >= 0.6 is 0 Å². The Balaban J connectivity index is 2.31. The molecule has 0 bridgehead atoms. The van der Waals surface area contributed by atoms with Crippen molar-refractivity contribution in [1.29, 1.82) is 0 Å². The van der Waals surface area contributed by atoms with Gasteiger partial charge in [-0.15, -0.1) is 0 Å². The van der Waals surface area contributed by atoms with Crippen LogP contribution in [0.2, 0.25) is 0 Å².